The van der Waals surface area contributed by atoms with Crippen LogP contribution in [-0.4, -0.2) is 10.2 Å². The first-order chi connectivity index (χ1) is 7.91. The van der Waals surface area contributed by atoms with Crippen LogP contribution in [0.15, 0.2) is 22.7 Å². The Bertz CT molecular complexity index is 409. The first-order valence-corrected chi connectivity index (χ1v) is 7.30. The number of rotatable bonds is 5. The molecular formula is C12H16BrNO2S. The number of benzene rings is 1. The molecular weight excluding hydrogens is 302 g/mol. The highest BCUT2D eigenvalue weighted by Gasteiger charge is 2.13. The summed E-state index contributed by atoms with van der Waals surface area (Å²) in [4.78, 5) is 10.4. The third-order valence-electron chi connectivity index (χ3n) is 2.66. The van der Waals surface area contributed by atoms with E-state index < -0.39 is 0 Å². The Labute approximate surface area is 114 Å². The second-order valence-electron chi connectivity index (χ2n) is 4.30. The molecule has 1 rings (SSSR count). The lowest BCUT2D eigenvalue weighted by molar-refractivity contribution is -0.385. The van der Waals surface area contributed by atoms with Crippen molar-refractivity contribution in [2.45, 2.75) is 31.8 Å². The van der Waals surface area contributed by atoms with Gasteiger partial charge in [-0.25, -0.2) is 0 Å². The summed E-state index contributed by atoms with van der Waals surface area (Å²) < 4.78 is 0.535. The largest absolute Gasteiger partial charge is 0.283 e. The number of nitrogens with zero attached hydrogens (tertiary/aromatic N) is 1. The topological polar surface area (TPSA) is 43.1 Å². The van der Waals surface area contributed by atoms with Gasteiger partial charge in [0.05, 0.1) is 9.40 Å². The highest BCUT2D eigenvalue weighted by molar-refractivity contribution is 9.10. The van der Waals surface area contributed by atoms with Crippen LogP contribution in [0.2, 0.25) is 0 Å². The van der Waals surface area contributed by atoms with Gasteiger partial charge in [-0.15, -0.1) is 0 Å². The maximum Gasteiger partial charge on any atom is 0.283 e. The van der Waals surface area contributed by atoms with Crippen LogP contribution in [0.5, 0.6) is 0 Å². The van der Waals surface area contributed by atoms with Gasteiger partial charge in [-0.2, -0.15) is 11.8 Å². The van der Waals surface area contributed by atoms with E-state index in [1.165, 1.54) is 0 Å². The molecule has 94 valence electrons. The van der Waals surface area contributed by atoms with Crippen molar-refractivity contribution in [2.75, 3.05) is 0 Å². The van der Waals surface area contributed by atoms with Gasteiger partial charge in [0, 0.05) is 17.1 Å². The van der Waals surface area contributed by atoms with Gasteiger partial charge in [-0.05, 0) is 33.5 Å². The first kappa shape index (κ1) is 14.5. The fourth-order valence-electron chi connectivity index (χ4n) is 1.21. The van der Waals surface area contributed by atoms with E-state index in [-0.39, 0.29) is 10.6 Å². The van der Waals surface area contributed by atoms with Crippen LogP contribution in [0.4, 0.5) is 5.69 Å². The Balaban J connectivity index is 2.73. The molecule has 0 saturated carbocycles. The predicted octanol–water partition coefficient (Wildman–Crippen LogP) is 4.64. The van der Waals surface area contributed by atoms with E-state index in [0.29, 0.717) is 15.6 Å². The normalized spacial score (nSPS) is 12.8. The minimum atomic E-state index is -0.357. The maximum atomic E-state index is 10.8. The molecule has 3 nitrogen and oxygen atoms in total. The van der Waals surface area contributed by atoms with E-state index in [1.807, 2.05) is 17.8 Å². The number of hydrogen-bond donors (Lipinski definition) is 0. The van der Waals surface area contributed by atoms with E-state index >= 15 is 0 Å². The Morgan fingerprint density at radius 3 is 2.59 bits per heavy atom. The van der Waals surface area contributed by atoms with Crippen molar-refractivity contribution in [3.8, 4) is 0 Å². The molecule has 5 heteroatoms. The summed E-state index contributed by atoms with van der Waals surface area (Å²) in [5, 5.41) is 11.3. The summed E-state index contributed by atoms with van der Waals surface area (Å²) >= 11 is 5.01. The lowest BCUT2D eigenvalue weighted by Crippen LogP contribution is -2.05. The zero-order valence-corrected chi connectivity index (χ0v) is 12.5. The van der Waals surface area contributed by atoms with Crippen LogP contribution in [0, 0.1) is 16.0 Å². The average Bonchev–Trinajstić information content (AvgIpc) is 2.26. The van der Waals surface area contributed by atoms with Crippen molar-refractivity contribution < 1.29 is 4.92 Å². The number of nitro groups is 1. The van der Waals surface area contributed by atoms with Crippen LogP contribution in [0.1, 0.15) is 26.3 Å². The summed E-state index contributed by atoms with van der Waals surface area (Å²) in [6, 6.07) is 5.31. The summed E-state index contributed by atoms with van der Waals surface area (Å²) in [5.41, 5.74) is 1.14. The van der Waals surface area contributed by atoms with E-state index in [0.717, 1.165) is 11.3 Å². The highest BCUT2D eigenvalue weighted by atomic mass is 79.9. The van der Waals surface area contributed by atoms with Crippen molar-refractivity contribution in [1.29, 1.82) is 0 Å². The van der Waals surface area contributed by atoms with Crippen molar-refractivity contribution in [3.63, 3.8) is 0 Å². The third kappa shape index (κ3) is 4.32. The Morgan fingerprint density at radius 1 is 1.41 bits per heavy atom. The molecule has 0 heterocycles. The first-order valence-electron chi connectivity index (χ1n) is 5.46. The molecule has 1 aromatic carbocycles. The smallest absolute Gasteiger partial charge is 0.258 e. The minimum Gasteiger partial charge on any atom is -0.258 e. The van der Waals surface area contributed by atoms with Gasteiger partial charge < -0.3 is 0 Å². The molecule has 0 radical (unpaired) electrons. The molecule has 1 unspecified atom stereocenters. The molecule has 1 atom stereocenters. The Kier molecular flexibility index (Phi) is 5.46. The van der Waals surface area contributed by atoms with Crippen molar-refractivity contribution in [3.05, 3.63) is 38.3 Å². The van der Waals surface area contributed by atoms with E-state index in [2.05, 4.69) is 36.7 Å². The molecule has 17 heavy (non-hydrogen) atoms. The van der Waals surface area contributed by atoms with Crippen LogP contribution < -0.4 is 0 Å². The molecule has 0 bridgehead atoms. The van der Waals surface area contributed by atoms with Crippen molar-refractivity contribution in [1.82, 2.24) is 0 Å². The number of halogens is 1. The van der Waals surface area contributed by atoms with Crippen LogP contribution in [-0.2, 0) is 5.75 Å². The molecule has 0 aliphatic carbocycles. The molecule has 0 aromatic heterocycles. The number of nitro benzene ring substituents is 1. The average molecular weight is 318 g/mol. The Hall–Kier alpha value is -0.550. The maximum absolute atomic E-state index is 10.8. The number of thioether (sulfide) groups is 1. The molecule has 0 aliphatic heterocycles. The van der Waals surface area contributed by atoms with E-state index in [9.17, 15) is 10.1 Å². The molecule has 0 N–H and O–H groups in total. The van der Waals surface area contributed by atoms with Crippen molar-refractivity contribution in [2.24, 2.45) is 5.92 Å². The van der Waals surface area contributed by atoms with Gasteiger partial charge in [0.25, 0.3) is 5.69 Å². The highest BCUT2D eigenvalue weighted by Crippen LogP contribution is 2.29. The quantitative estimate of drug-likeness (QED) is 0.587. The zero-order chi connectivity index (χ0) is 13.0. The molecule has 0 spiro atoms. The molecule has 0 amide bonds. The third-order valence-corrected chi connectivity index (χ3v) is 4.90. The lowest BCUT2D eigenvalue weighted by atomic mass is 10.2. The summed E-state index contributed by atoms with van der Waals surface area (Å²) in [6.07, 6.45) is 0. The predicted molar refractivity (Wildman–Crippen MR) is 76.4 cm³/mol. The summed E-state index contributed by atoms with van der Waals surface area (Å²) in [6.45, 7) is 6.55. The van der Waals surface area contributed by atoms with Crippen LogP contribution in [0.25, 0.3) is 0 Å². The SMILES string of the molecule is CC(C)C(C)SCc1ccc(Br)c([N+](=O)[O-])c1. The monoisotopic (exact) mass is 317 g/mol. The van der Waals surface area contributed by atoms with Gasteiger partial charge in [0.1, 0.15) is 0 Å². The minimum absolute atomic E-state index is 0.139. The second kappa shape index (κ2) is 6.40. The van der Waals surface area contributed by atoms with Crippen LogP contribution in [0.3, 0.4) is 0 Å². The van der Waals surface area contributed by atoms with Gasteiger partial charge >= 0.3 is 0 Å². The molecule has 0 saturated heterocycles. The Morgan fingerprint density at radius 2 is 2.06 bits per heavy atom. The fourth-order valence-corrected chi connectivity index (χ4v) is 2.62. The van der Waals surface area contributed by atoms with Gasteiger partial charge in [0.2, 0.25) is 0 Å². The summed E-state index contributed by atoms with van der Waals surface area (Å²) in [7, 11) is 0. The van der Waals surface area contributed by atoms with Gasteiger partial charge in [0.15, 0.2) is 0 Å². The molecule has 1 aromatic rings. The number of hydrogen-bond acceptors (Lipinski definition) is 3. The van der Waals surface area contributed by atoms with Gasteiger partial charge in [-0.1, -0.05) is 26.8 Å². The van der Waals surface area contributed by atoms with Crippen molar-refractivity contribution >= 4 is 33.4 Å². The van der Waals surface area contributed by atoms with E-state index in [4.69, 9.17) is 0 Å². The molecule has 0 aliphatic rings. The van der Waals surface area contributed by atoms with Crippen LogP contribution >= 0.6 is 27.7 Å². The molecule has 0 fully saturated rings. The fraction of sp³-hybridized carbons (Fsp3) is 0.500. The summed E-state index contributed by atoms with van der Waals surface area (Å²) in [5.74, 6) is 1.43. The second-order valence-corrected chi connectivity index (χ2v) is 6.52. The van der Waals surface area contributed by atoms with E-state index in [1.54, 1.807) is 12.1 Å². The van der Waals surface area contributed by atoms with Gasteiger partial charge in [-0.3, -0.25) is 10.1 Å². The zero-order valence-electron chi connectivity index (χ0n) is 10.1. The lowest BCUT2D eigenvalue weighted by Gasteiger charge is -2.14. The standard InChI is InChI=1S/C12H16BrNO2S/c1-8(2)9(3)17-7-10-4-5-11(13)12(6-10)14(15)16/h4-6,8-9H,7H2,1-3H3.